The van der Waals surface area contributed by atoms with E-state index in [4.69, 9.17) is 14.2 Å². The lowest BCUT2D eigenvalue weighted by atomic mass is 9.64. The van der Waals surface area contributed by atoms with E-state index in [1.165, 1.54) is 0 Å². The predicted molar refractivity (Wildman–Crippen MR) is 77.9 cm³/mol. The highest BCUT2D eigenvalue weighted by molar-refractivity contribution is 5.63. The van der Waals surface area contributed by atoms with Crippen LogP contribution in [0, 0.1) is 5.41 Å². The number of aliphatic hydroxyl groups excluding tert-OH is 1. The second-order valence-corrected chi connectivity index (χ2v) is 5.68. The molecule has 1 aliphatic carbocycles. The lowest BCUT2D eigenvalue weighted by Crippen LogP contribution is -2.56. The Bertz CT molecular complexity index is 462. The van der Waals surface area contributed by atoms with Gasteiger partial charge in [0.05, 0.1) is 27.4 Å². The summed E-state index contributed by atoms with van der Waals surface area (Å²) in [7, 11) is 4.77. The van der Waals surface area contributed by atoms with Crippen molar-refractivity contribution >= 4 is 5.69 Å². The fraction of sp³-hybridized carbons (Fsp3) is 0.600. The molecule has 0 saturated heterocycles. The largest absolute Gasteiger partial charge is 0.493 e. The van der Waals surface area contributed by atoms with E-state index in [-0.39, 0.29) is 17.6 Å². The lowest BCUT2D eigenvalue weighted by molar-refractivity contribution is -0.0510. The minimum absolute atomic E-state index is 0.138. The molecule has 1 saturated carbocycles. The third-order valence-electron chi connectivity index (χ3n) is 4.22. The summed E-state index contributed by atoms with van der Waals surface area (Å²) in [6.07, 6.45) is 0.478. The Morgan fingerprint density at radius 3 is 2.00 bits per heavy atom. The Morgan fingerprint density at radius 2 is 1.65 bits per heavy atom. The molecule has 1 aromatic rings. The van der Waals surface area contributed by atoms with Gasteiger partial charge in [-0.1, -0.05) is 13.8 Å². The maximum Gasteiger partial charge on any atom is 0.203 e. The molecule has 2 rings (SSSR count). The summed E-state index contributed by atoms with van der Waals surface area (Å²) >= 11 is 0. The van der Waals surface area contributed by atoms with Crippen molar-refractivity contribution in [1.82, 2.24) is 0 Å². The number of nitrogens with one attached hydrogen (secondary N) is 1. The van der Waals surface area contributed by atoms with E-state index in [0.717, 1.165) is 12.1 Å². The van der Waals surface area contributed by atoms with Crippen molar-refractivity contribution in [3.8, 4) is 17.2 Å². The Morgan fingerprint density at radius 1 is 1.10 bits per heavy atom. The van der Waals surface area contributed by atoms with Crippen molar-refractivity contribution in [1.29, 1.82) is 0 Å². The number of aliphatic hydroxyl groups is 1. The van der Waals surface area contributed by atoms with Gasteiger partial charge in [0, 0.05) is 29.3 Å². The van der Waals surface area contributed by atoms with E-state index in [9.17, 15) is 5.11 Å². The van der Waals surface area contributed by atoms with Gasteiger partial charge in [-0.15, -0.1) is 0 Å². The molecule has 0 radical (unpaired) electrons. The molecule has 0 aromatic heterocycles. The van der Waals surface area contributed by atoms with Gasteiger partial charge in [0.2, 0.25) is 5.75 Å². The third kappa shape index (κ3) is 2.38. The summed E-state index contributed by atoms with van der Waals surface area (Å²) in [5.41, 5.74) is 0.755. The smallest absolute Gasteiger partial charge is 0.203 e. The van der Waals surface area contributed by atoms with Crippen LogP contribution in [0.3, 0.4) is 0 Å². The molecule has 112 valence electrons. The molecular formula is C15H23NO4. The van der Waals surface area contributed by atoms with Gasteiger partial charge in [-0.05, 0) is 6.42 Å². The van der Waals surface area contributed by atoms with Crippen LogP contribution in [0.25, 0.3) is 0 Å². The predicted octanol–water partition coefficient (Wildman–Crippen LogP) is 2.28. The zero-order valence-electron chi connectivity index (χ0n) is 12.7. The van der Waals surface area contributed by atoms with Crippen LogP contribution in [0.15, 0.2) is 12.1 Å². The molecular weight excluding hydrogens is 258 g/mol. The van der Waals surface area contributed by atoms with Gasteiger partial charge >= 0.3 is 0 Å². The van der Waals surface area contributed by atoms with Gasteiger partial charge in [0.1, 0.15) is 0 Å². The molecule has 0 heterocycles. The van der Waals surface area contributed by atoms with Crippen LogP contribution < -0.4 is 19.5 Å². The zero-order valence-corrected chi connectivity index (χ0v) is 12.7. The third-order valence-corrected chi connectivity index (χ3v) is 4.22. The number of hydrogen-bond donors (Lipinski definition) is 2. The number of methoxy groups -OCH3 is 3. The molecule has 1 fully saturated rings. The molecule has 2 atom stereocenters. The first-order valence-corrected chi connectivity index (χ1v) is 6.68. The summed E-state index contributed by atoms with van der Waals surface area (Å²) in [5, 5.41) is 13.2. The number of rotatable bonds is 5. The first-order valence-electron chi connectivity index (χ1n) is 6.68. The number of benzene rings is 1. The molecule has 0 spiro atoms. The van der Waals surface area contributed by atoms with Crippen molar-refractivity contribution in [2.45, 2.75) is 32.4 Å². The highest BCUT2D eigenvalue weighted by atomic mass is 16.5. The lowest BCUT2D eigenvalue weighted by Gasteiger charge is -2.49. The average molecular weight is 281 g/mol. The molecule has 0 amide bonds. The Kier molecular flexibility index (Phi) is 3.99. The van der Waals surface area contributed by atoms with Crippen LogP contribution in [0.1, 0.15) is 20.3 Å². The summed E-state index contributed by atoms with van der Waals surface area (Å²) in [6.45, 7) is 4.10. The van der Waals surface area contributed by atoms with Gasteiger partial charge in [-0.2, -0.15) is 0 Å². The van der Waals surface area contributed by atoms with E-state index in [1.807, 2.05) is 12.1 Å². The van der Waals surface area contributed by atoms with Crippen molar-refractivity contribution in [3.63, 3.8) is 0 Å². The molecule has 5 nitrogen and oxygen atoms in total. The fourth-order valence-corrected chi connectivity index (χ4v) is 2.51. The maximum atomic E-state index is 9.80. The number of ether oxygens (including phenoxy) is 3. The molecule has 2 unspecified atom stereocenters. The van der Waals surface area contributed by atoms with Crippen molar-refractivity contribution < 1.29 is 19.3 Å². The number of anilines is 1. The van der Waals surface area contributed by atoms with Crippen LogP contribution in [-0.2, 0) is 0 Å². The molecule has 0 aliphatic heterocycles. The van der Waals surface area contributed by atoms with Gasteiger partial charge in [-0.3, -0.25) is 0 Å². The maximum absolute atomic E-state index is 9.80. The van der Waals surface area contributed by atoms with Gasteiger partial charge in [0.25, 0.3) is 0 Å². The van der Waals surface area contributed by atoms with E-state index < -0.39 is 0 Å². The topological polar surface area (TPSA) is 60.0 Å². The van der Waals surface area contributed by atoms with Gasteiger partial charge in [0.15, 0.2) is 11.5 Å². The van der Waals surface area contributed by atoms with E-state index >= 15 is 0 Å². The monoisotopic (exact) mass is 281 g/mol. The van der Waals surface area contributed by atoms with Crippen LogP contribution in [-0.4, -0.2) is 38.6 Å². The molecule has 2 N–H and O–H groups in total. The minimum Gasteiger partial charge on any atom is -0.493 e. The Labute approximate surface area is 119 Å². The highest BCUT2D eigenvalue weighted by Crippen LogP contribution is 2.45. The highest BCUT2D eigenvalue weighted by Gasteiger charge is 2.47. The van der Waals surface area contributed by atoms with Crippen LogP contribution in [0.2, 0.25) is 0 Å². The average Bonchev–Trinajstić information content (AvgIpc) is 2.45. The van der Waals surface area contributed by atoms with E-state index in [0.29, 0.717) is 17.2 Å². The number of hydrogen-bond acceptors (Lipinski definition) is 5. The second-order valence-electron chi connectivity index (χ2n) is 5.68. The van der Waals surface area contributed by atoms with E-state index in [1.54, 1.807) is 21.3 Å². The molecule has 1 aliphatic rings. The normalized spacial score (nSPS) is 23.7. The minimum atomic E-state index is -0.262. The van der Waals surface area contributed by atoms with Crippen molar-refractivity contribution in [3.05, 3.63) is 12.1 Å². The molecule has 0 bridgehead atoms. The van der Waals surface area contributed by atoms with Gasteiger partial charge in [-0.25, -0.2) is 0 Å². The summed E-state index contributed by atoms with van der Waals surface area (Å²) < 4.78 is 16.0. The van der Waals surface area contributed by atoms with Crippen molar-refractivity contribution in [2.24, 2.45) is 5.41 Å². The Hall–Kier alpha value is -1.62. The van der Waals surface area contributed by atoms with Crippen LogP contribution in [0.4, 0.5) is 5.69 Å². The molecule has 5 heteroatoms. The fourth-order valence-electron chi connectivity index (χ4n) is 2.51. The molecule has 20 heavy (non-hydrogen) atoms. The molecule has 1 aromatic carbocycles. The summed E-state index contributed by atoms with van der Waals surface area (Å²) in [5.74, 6) is 1.81. The Balaban J connectivity index is 2.25. The zero-order chi connectivity index (χ0) is 14.9. The summed E-state index contributed by atoms with van der Waals surface area (Å²) in [4.78, 5) is 0. The first-order chi connectivity index (χ1) is 9.43. The first kappa shape index (κ1) is 14.8. The van der Waals surface area contributed by atoms with Crippen LogP contribution in [0.5, 0.6) is 17.2 Å². The quantitative estimate of drug-likeness (QED) is 0.867. The standard InChI is InChI=1S/C15H23NO4/c1-15(2)12(8-13(15)17)16-9-6-10(18-3)14(20-5)11(7-9)19-4/h6-7,12-13,16-17H,8H2,1-5H3. The van der Waals surface area contributed by atoms with Crippen LogP contribution >= 0.6 is 0 Å². The van der Waals surface area contributed by atoms with Gasteiger partial charge < -0.3 is 24.6 Å². The SMILES string of the molecule is COc1cc(NC2CC(O)C2(C)C)cc(OC)c1OC. The van der Waals surface area contributed by atoms with Crippen molar-refractivity contribution in [2.75, 3.05) is 26.6 Å². The second kappa shape index (κ2) is 5.40. The summed E-state index contributed by atoms with van der Waals surface area (Å²) in [6, 6.07) is 3.98. The van der Waals surface area contributed by atoms with E-state index in [2.05, 4.69) is 19.2 Å².